The first kappa shape index (κ1) is 16.7. The van der Waals surface area contributed by atoms with E-state index in [1.165, 1.54) is 23.5 Å². The van der Waals surface area contributed by atoms with Gasteiger partial charge in [-0.1, -0.05) is 23.7 Å². The first-order valence-electron chi connectivity index (χ1n) is 7.71. The largest absolute Gasteiger partial charge is 0.478 e. The highest BCUT2D eigenvalue weighted by molar-refractivity contribution is 7.18. The molecule has 2 aromatic heterocycles. The summed E-state index contributed by atoms with van der Waals surface area (Å²) in [5.41, 5.74) is 2.20. The Morgan fingerprint density at radius 3 is 2.46 bits per heavy atom. The number of pyridine rings is 1. The number of hydrogen-bond acceptors (Lipinski definition) is 3. The van der Waals surface area contributed by atoms with E-state index in [-0.39, 0.29) is 11.4 Å². The number of carbonyl (C=O) groups is 1. The first-order chi connectivity index (χ1) is 12.5. The molecule has 0 aliphatic rings. The second-order valence-electron chi connectivity index (χ2n) is 5.69. The van der Waals surface area contributed by atoms with E-state index in [9.17, 15) is 14.3 Å². The van der Waals surface area contributed by atoms with Gasteiger partial charge in [0, 0.05) is 15.3 Å². The minimum absolute atomic E-state index is 0.157. The quantitative estimate of drug-likeness (QED) is 0.463. The molecular formula is C20H11ClFNO2S. The van der Waals surface area contributed by atoms with Crippen LogP contribution in [-0.2, 0) is 0 Å². The molecule has 0 aliphatic heterocycles. The third kappa shape index (κ3) is 3.07. The number of carboxylic acids is 1. The van der Waals surface area contributed by atoms with Crippen LogP contribution in [0.4, 0.5) is 4.39 Å². The van der Waals surface area contributed by atoms with Crippen LogP contribution in [0.5, 0.6) is 0 Å². The highest BCUT2D eigenvalue weighted by Crippen LogP contribution is 2.35. The molecule has 1 N–H and O–H groups in total. The molecule has 2 heterocycles. The van der Waals surface area contributed by atoms with Crippen molar-refractivity contribution in [2.24, 2.45) is 0 Å². The topological polar surface area (TPSA) is 50.2 Å². The zero-order valence-corrected chi connectivity index (χ0v) is 14.8. The second kappa shape index (κ2) is 6.52. The number of rotatable bonds is 3. The zero-order chi connectivity index (χ0) is 18.3. The van der Waals surface area contributed by atoms with Gasteiger partial charge in [-0.2, -0.15) is 0 Å². The molecule has 128 valence electrons. The van der Waals surface area contributed by atoms with Crippen molar-refractivity contribution in [2.45, 2.75) is 0 Å². The van der Waals surface area contributed by atoms with Gasteiger partial charge in [0.15, 0.2) is 0 Å². The van der Waals surface area contributed by atoms with Gasteiger partial charge in [-0.15, -0.1) is 11.3 Å². The van der Waals surface area contributed by atoms with Gasteiger partial charge in [0.1, 0.15) is 5.82 Å². The van der Waals surface area contributed by atoms with Gasteiger partial charge in [-0.25, -0.2) is 14.2 Å². The Morgan fingerprint density at radius 1 is 1.00 bits per heavy atom. The first-order valence-corrected chi connectivity index (χ1v) is 8.90. The molecule has 4 rings (SSSR count). The molecule has 0 atom stereocenters. The molecule has 26 heavy (non-hydrogen) atoms. The number of fused-ring (bicyclic) bond motifs is 1. The van der Waals surface area contributed by atoms with Gasteiger partial charge in [0.2, 0.25) is 0 Å². The van der Waals surface area contributed by atoms with Crippen molar-refractivity contribution in [1.82, 2.24) is 4.98 Å². The smallest absolute Gasteiger partial charge is 0.336 e. The fourth-order valence-electron chi connectivity index (χ4n) is 2.75. The summed E-state index contributed by atoms with van der Waals surface area (Å²) in [6.07, 6.45) is 0. The lowest BCUT2D eigenvalue weighted by atomic mass is 10.1. The minimum atomic E-state index is -1.03. The maximum absolute atomic E-state index is 13.1. The number of aromatic carboxylic acids is 1. The molecule has 0 fully saturated rings. The standard InChI is InChI=1S/C20H11ClFNO2S/c21-12-3-6-16-14(9-12)15(20(24)25)10-17(23-16)19-8-7-18(26-19)11-1-4-13(22)5-2-11/h1-10H,(H,24,25). The molecule has 0 unspecified atom stereocenters. The number of hydrogen-bond donors (Lipinski definition) is 1. The highest BCUT2D eigenvalue weighted by Gasteiger charge is 2.15. The minimum Gasteiger partial charge on any atom is -0.478 e. The molecule has 0 saturated carbocycles. The van der Waals surface area contributed by atoms with E-state index in [2.05, 4.69) is 4.98 Å². The molecule has 0 saturated heterocycles. The lowest BCUT2D eigenvalue weighted by molar-refractivity contribution is 0.0699. The van der Waals surface area contributed by atoms with Crippen LogP contribution in [0.3, 0.4) is 0 Å². The van der Waals surface area contributed by atoms with Crippen molar-refractivity contribution in [3.05, 3.63) is 77.1 Å². The molecule has 0 bridgehead atoms. The molecular weight excluding hydrogens is 373 g/mol. The fourth-order valence-corrected chi connectivity index (χ4v) is 3.89. The Balaban J connectivity index is 1.83. The number of benzene rings is 2. The lowest BCUT2D eigenvalue weighted by Crippen LogP contribution is -1.99. The van der Waals surface area contributed by atoms with Gasteiger partial charge >= 0.3 is 5.97 Å². The monoisotopic (exact) mass is 383 g/mol. The highest BCUT2D eigenvalue weighted by atomic mass is 35.5. The van der Waals surface area contributed by atoms with Crippen molar-refractivity contribution in [3.8, 4) is 21.0 Å². The van der Waals surface area contributed by atoms with Gasteiger partial charge < -0.3 is 5.11 Å². The third-order valence-corrected chi connectivity index (χ3v) is 5.38. The van der Waals surface area contributed by atoms with Crippen LogP contribution in [0.15, 0.2) is 60.7 Å². The Hall–Kier alpha value is -2.76. The van der Waals surface area contributed by atoms with Crippen molar-refractivity contribution >= 4 is 39.8 Å². The normalized spacial score (nSPS) is 11.0. The predicted molar refractivity (Wildman–Crippen MR) is 102 cm³/mol. The van der Waals surface area contributed by atoms with Gasteiger partial charge in [-0.05, 0) is 54.1 Å². The molecule has 2 aromatic carbocycles. The molecule has 0 amide bonds. The Bertz CT molecular complexity index is 1140. The number of nitrogens with zero attached hydrogens (tertiary/aromatic N) is 1. The van der Waals surface area contributed by atoms with E-state index in [1.807, 2.05) is 12.1 Å². The summed E-state index contributed by atoms with van der Waals surface area (Å²) >= 11 is 7.46. The summed E-state index contributed by atoms with van der Waals surface area (Å²) in [6, 6.07) is 16.6. The molecule has 0 aliphatic carbocycles. The maximum atomic E-state index is 13.1. The Morgan fingerprint density at radius 2 is 1.73 bits per heavy atom. The number of thiophene rings is 1. The Kier molecular flexibility index (Phi) is 4.18. The van der Waals surface area contributed by atoms with Crippen LogP contribution in [-0.4, -0.2) is 16.1 Å². The van der Waals surface area contributed by atoms with Gasteiger partial charge in [0.25, 0.3) is 0 Å². The van der Waals surface area contributed by atoms with E-state index in [4.69, 9.17) is 11.6 Å². The van der Waals surface area contributed by atoms with Crippen LogP contribution < -0.4 is 0 Å². The summed E-state index contributed by atoms with van der Waals surface area (Å²) < 4.78 is 13.1. The van der Waals surface area contributed by atoms with E-state index in [0.29, 0.717) is 21.6 Å². The number of aromatic nitrogens is 1. The van der Waals surface area contributed by atoms with Crippen LogP contribution in [0.1, 0.15) is 10.4 Å². The van der Waals surface area contributed by atoms with Crippen LogP contribution in [0, 0.1) is 5.82 Å². The summed E-state index contributed by atoms with van der Waals surface area (Å²) in [7, 11) is 0. The molecule has 6 heteroatoms. The van der Waals surface area contributed by atoms with Crippen LogP contribution in [0.2, 0.25) is 5.02 Å². The molecule has 4 aromatic rings. The molecule has 0 radical (unpaired) electrons. The number of carboxylic acid groups (broad SMARTS) is 1. The second-order valence-corrected chi connectivity index (χ2v) is 7.21. The van der Waals surface area contributed by atoms with Crippen molar-refractivity contribution in [2.75, 3.05) is 0 Å². The Labute approximate surface area is 157 Å². The molecule has 0 spiro atoms. The third-order valence-electron chi connectivity index (χ3n) is 3.99. The van der Waals surface area contributed by atoms with Crippen LogP contribution in [0.25, 0.3) is 31.9 Å². The van der Waals surface area contributed by atoms with E-state index in [0.717, 1.165) is 15.3 Å². The van der Waals surface area contributed by atoms with Crippen molar-refractivity contribution < 1.29 is 14.3 Å². The van der Waals surface area contributed by atoms with Gasteiger partial charge in [-0.3, -0.25) is 0 Å². The van der Waals surface area contributed by atoms with E-state index in [1.54, 1.807) is 36.4 Å². The van der Waals surface area contributed by atoms with Crippen molar-refractivity contribution in [1.29, 1.82) is 0 Å². The average molecular weight is 384 g/mol. The predicted octanol–water partition coefficient (Wildman–Crippen LogP) is 6.12. The average Bonchev–Trinajstić information content (AvgIpc) is 3.11. The molecule has 3 nitrogen and oxygen atoms in total. The fraction of sp³-hybridized carbons (Fsp3) is 0. The maximum Gasteiger partial charge on any atom is 0.336 e. The van der Waals surface area contributed by atoms with Crippen molar-refractivity contribution in [3.63, 3.8) is 0 Å². The lowest BCUT2D eigenvalue weighted by Gasteiger charge is -2.06. The van der Waals surface area contributed by atoms with Gasteiger partial charge in [0.05, 0.1) is 21.7 Å². The summed E-state index contributed by atoms with van der Waals surface area (Å²) in [5.74, 6) is -1.32. The summed E-state index contributed by atoms with van der Waals surface area (Å²) in [6.45, 7) is 0. The van der Waals surface area contributed by atoms with Crippen LogP contribution >= 0.6 is 22.9 Å². The summed E-state index contributed by atoms with van der Waals surface area (Å²) in [4.78, 5) is 18.0. The zero-order valence-electron chi connectivity index (χ0n) is 13.2. The van der Waals surface area contributed by atoms with E-state index >= 15 is 0 Å². The van der Waals surface area contributed by atoms with E-state index < -0.39 is 5.97 Å². The SMILES string of the molecule is O=C(O)c1cc(-c2ccc(-c3ccc(F)cc3)s2)nc2ccc(Cl)cc12. The number of halogens is 2. The summed E-state index contributed by atoms with van der Waals surface area (Å²) in [5, 5.41) is 10.5.